The molecule has 0 spiro atoms. The van der Waals surface area contributed by atoms with Gasteiger partial charge in [-0.3, -0.25) is 9.58 Å². The molecule has 5 rings (SSSR count). The number of nitrogens with one attached hydrogen (secondary N) is 1. The van der Waals surface area contributed by atoms with Gasteiger partial charge >= 0.3 is 0 Å². The summed E-state index contributed by atoms with van der Waals surface area (Å²) >= 11 is 0. The number of aromatic nitrogens is 4. The van der Waals surface area contributed by atoms with Crippen LogP contribution >= 0.6 is 0 Å². The summed E-state index contributed by atoms with van der Waals surface area (Å²) in [4.78, 5) is 10.5. The predicted molar refractivity (Wildman–Crippen MR) is 115 cm³/mol. The van der Waals surface area contributed by atoms with Gasteiger partial charge in [-0.2, -0.15) is 5.10 Å². The second-order valence-electron chi connectivity index (χ2n) is 7.75. The van der Waals surface area contributed by atoms with Gasteiger partial charge in [-0.1, -0.05) is 36.4 Å². The second-order valence-corrected chi connectivity index (χ2v) is 7.75. The molecule has 1 atom stereocenters. The first-order valence-electron chi connectivity index (χ1n) is 10.2. The average molecular weight is 399 g/mol. The van der Waals surface area contributed by atoms with Crippen molar-refractivity contribution in [2.45, 2.75) is 25.6 Å². The van der Waals surface area contributed by atoms with E-state index in [0.29, 0.717) is 6.54 Å². The molecule has 6 heteroatoms. The van der Waals surface area contributed by atoms with Gasteiger partial charge in [0.05, 0.1) is 31.4 Å². The second kappa shape index (κ2) is 8.16. The number of methoxy groups -OCH3 is 1. The van der Waals surface area contributed by atoms with E-state index in [4.69, 9.17) is 4.74 Å². The largest absolute Gasteiger partial charge is 0.496 e. The number of nitrogens with zero attached hydrogens (tertiary/aromatic N) is 4. The van der Waals surface area contributed by atoms with E-state index in [9.17, 15) is 0 Å². The number of benzene rings is 2. The van der Waals surface area contributed by atoms with Crippen molar-refractivity contribution in [3.8, 4) is 5.75 Å². The van der Waals surface area contributed by atoms with E-state index in [-0.39, 0.29) is 5.92 Å². The van der Waals surface area contributed by atoms with Gasteiger partial charge in [0.1, 0.15) is 5.75 Å². The normalized spacial score (nSPS) is 16.4. The average Bonchev–Trinajstić information content (AvgIpc) is 3.46. The number of ether oxygens (including phenoxy) is 1. The van der Waals surface area contributed by atoms with Crippen LogP contribution in [0, 0.1) is 0 Å². The van der Waals surface area contributed by atoms with Crippen LogP contribution in [-0.4, -0.2) is 38.3 Å². The number of hydrogen-bond acceptors (Lipinski definition) is 4. The monoisotopic (exact) mass is 399 g/mol. The molecule has 2 aromatic heterocycles. The Hall–Kier alpha value is -3.38. The number of H-pyrrole nitrogens is 1. The van der Waals surface area contributed by atoms with Gasteiger partial charge in [-0.25, -0.2) is 4.98 Å². The fraction of sp³-hybridized carbons (Fsp3) is 0.250. The first-order valence-corrected chi connectivity index (χ1v) is 10.2. The van der Waals surface area contributed by atoms with Gasteiger partial charge in [0, 0.05) is 43.5 Å². The van der Waals surface area contributed by atoms with Crippen molar-refractivity contribution in [1.82, 2.24) is 24.6 Å². The highest BCUT2D eigenvalue weighted by atomic mass is 16.5. The van der Waals surface area contributed by atoms with Crippen molar-refractivity contribution < 1.29 is 4.74 Å². The van der Waals surface area contributed by atoms with Crippen LogP contribution in [0.1, 0.15) is 34.0 Å². The summed E-state index contributed by atoms with van der Waals surface area (Å²) in [7, 11) is 1.72. The molecule has 1 unspecified atom stereocenters. The molecule has 0 aliphatic carbocycles. The van der Waals surface area contributed by atoms with E-state index in [1.165, 1.54) is 22.5 Å². The standard InChI is InChI=1S/C24H25N5O/c1-30-23-9-8-18(12-20(23)14-29-11-5-10-27-29)13-28-15-21(19-6-3-2-4-7-19)24-22(16-28)25-17-26-24/h2-12,17,21H,13-16H2,1H3,(H,25,26). The molecule has 0 saturated carbocycles. The van der Waals surface area contributed by atoms with E-state index >= 15 is 0 Å². The maximum Gasteiger partial charge on any atom is 0.123 e. The predicted octanol–water partition coefficient (Wildman–Crippen LogP) is 3.81. The van der Waals surface area contributed by atoms with Gasteiger partial charge in [0.25, 0.3) is 0 Å². The zero-order valence-electron chi connectivity index (χ0n) is 17.0. The molecule has 1 aliphatic heterocycles. The minimum Gasteiger partial charge on any atom is -0.496 e. The number of aromatic amines is 1. The molecule has 6 nitrogen and oxygen atoms in total. The highest BCUT2D eigenvalue weighted by Gasteiger charge is 2.28. The van der Waals surface area contributed by atoms with Crippen molar-refractivity contribution >= 4 is 0 Å². The van der Waals surface area contributed by atoms with Crippen LogP contribution in [0.15, 0.2) is 73.3 Å². The van der Waals surface area contributed by atoms with Crippen molar-refractivity contribution in [3.05, 3.63) is 101 Å². The summed E-state index contributed by atoms with van der Waals surface area (Å²) in [6, 6.07) is 19.1. The molecule has 0 fully saturated rings. The molecular weight excluding hydrogens is 374 g/mol. The minimum atomic E-state index is 0.281. The van der Waals surface area contributed by atoms with Crippen LogP contribution in [0.2, 0.25) is 0 Å². The lowest BCUT2D eigenvalue weighted by atomic mass is 9.90. The molecular formula is C24H25N5O. The Balaban J connectivity index is 1.39. The lowest BCUT2D eigenvalue weighted by Crippen LogP contribution is -2.33. The molecule has 0 amide bonds. The third-order valence-corrected chi connectivity index (χ3v) is 5.75. The quantitative estimate of drug-likeness (QED) is 0.536. The Morgan fingerprint density at radius 1 is 1.10 bits per heavy atom. The van der Waals surface area contributed by atoms with E-state index in [1.54, 1.807) is 13.3 Å². The van der Waals surface area contributed by atoms with E-state index in [2.05, 4.69) is 68.5 Å². The van der Waals surface area contributed by atoms with Crippen molar-refractivity contribution in [2.24, 2.45) is 0 Å². The van der Waals surface area contributed by atoms with Crippen molar-refractivity contribution in [3.63, 3.8) is 0 Å². The van der Waals surface area contributed by atoms with Crippen molar-refractivity contribution in [1.29, 1.82) is 0 Å². The SMILES string of the molecule is COc1ccc(CN2Cc3[nH]cnc3C(c3ccccc3)C2)cc1Cn1cccn1. The Labute approximate surface area is 176 Å². The van der Waals surface area contributed by atoms with Crippen LogP contribution in [-0.2, 0) is 19.6 Å². The Morgan fingerprint density at radius 2 is 2.00 bits per heavy atom. The summed E-state index contributed by atoms with van der Waals surface area (Å²) in [5.41, 5.74) is 6.10. The molecule has 152 valence electrons. The van der Waals surface area contributed by atoms with Gasteiger partial charge in [0.2, 0.25) is 0 Å². The molecule has 0 bridgehead atoms. The fourth-order valence-electron chi connectivity index (χ4n) is 4.34. The summed E-state index contributed by atoms with van der Waals surface area (Å²) in [6.45, 7) is 3.39. The Morgan fingerprint density at radius 3 is 2.80 bits per heavy atom. The van der Waals surface area contributed by atoms with E-state index in [0.717, 1.165) is 30.9 Å². The molecule has 4 aromatic rings. The highest BCUT2D eigenvalue weighted by molar-refractivity contribution is 5.38. The van der Waals surface area contributed by atoms with Crippen LogP contribution in [0.5, 0.6) is 5.75 Å². The third kappa shape index (κ3) is 3.74. The minimum absolute atomic E-state index is 0.281. The lowest BCUT2D eigenvalue weighted by molar-refractivity contribution is 0.227. The summed E-state index contributed by atoms with van der Waals surface area (Å²) in [6.07, 6.45) is 5.59. The molecule has 0 saturated heterocycles. The van der Waals surface area contributed by atoms with Gasteiger partial charge < -0.3 is 9.72 Å². The summed E-state index contributed by atoms with van der Waals surface area (Å²) in [5, 5.41) is 4.33. The number of hydrogen-bond donors (Lipinski definition) is 1. The van der Waals surface area contributed by atoms with Gasteiger partial charge in [0.15, 0.2) is 0 Å². The fourth-order valence-corrected chi connectivity index (χ4v) is 4.34. The molecule has 3 heterocycles. The maximum atomic E-state index is 5.58. The number of rotatable bonds is 6. The van der Waals surface area contributed by atoms with Gasteiger partial charge in [-0.05, 0) is 29.3 Å². The van der Waals surface area contributed by atoms with E-state index in [1.807, 2.05) is 23.3 Å². The smallest absolute Gasteiger partial charge is 0.123 e. The molecule has 1 aliphatic rings. The molecule has 1 N–H and O–H groups in total. The van der Waals surface area contributed by atoms with Crippen LogP contribution < -0.4 is 4.74 Å². The summed E-state index contributed by atoms with van der Waals surface area (Å²) < 4.78 is 7.50. The van der Waals surface area contributed by atoms with E-state index < -0.39 is 0 Å². The molecule has 0 radical (unpaired) electrons. The van der Waals surface area contributed by atoms with Gasteiger partial charge in [-0.15, -0.1) is 0 Å². The first-order chi connectivity index (χ1) is 14.8. The zero-order valence-corrected chi connectivity index (χ0v) is 17.0. The van der Waals surface area contributed by atoms with Crippen LogP contribution in [0.4, 0.5) is 0 Å². The third-order valence-electron chi connectivity index (χ3n) is 5.75. The Bertz CT molecular complexity index is 1100. The topological polar surface area (TPSA) is 59.0 Å². The van der Waals surface area contributed by atoms with Crippen LogP contribution in [0.25, 0.3) is 0 Å². The zero-order chi connectivity index (χ0) is 20.3. The lowest BCUT2D eigenvalue weighted by Gasteiger charge is -2.32. The maximum absolute atomic E-state index is 5.58. The molecule has 30 heavy (non-hydrogen) atoms. The Kier molecular flexibility index (Phi) is 5.07. The number of fused-ring (bicyclic) bond motifs is 1. The van der Waals surface area contributed by atoms with Crippen LogP contribution in [0.3, 0.4) is 0 Å². The number of imidazole rings is 1. The highest BCUT2D eigenvalue weighted by Crippen LogP contribution is 2.32. The molecule has 2 aromatic carbocycles. The van der Waals surface area contributed by atoms with Crippen molar-refractivity contribution in [2.75, 3.05) is 13.7 Å². The summed E-state index contributed by atoms with van der Waals surface area (Å²) in [5.74, 6) is 1.17. The first kappa shape index (κ1) is 18.6.